The molecule has 0 amide bonds. The van der Waals surface area contributed by atoms with E-state index in [4.69, 9.17) is 9.47 Å². The van der Waals surface area contributed by atoms with Gasteiger partial charge in [-0.25, -0.2) is 0 Å². The number of ether oxygens (including phenoxy) is 2. The van der Waals surface area contributed by atoms with Gasteiger partial charge < -0.3 is 9.47 Å². The molecule has 2 unspecified atom stereocenters. The summed E-state index contributed by atoms with van der Waals surface area (Å²) in [5.41, 5.74) is 0.451. The average Bonchev–Trinajstić information content (AvgIpc) is 2.33. The highest BCUT2D eigenvalue weighted by Gasteiger charge is 2.33. The third-order valence-corrected chi connectivity index (χ3v) is 4.13. The molecule has 21 heavy (non-hydrogen) atoms. The first-order valence-electron chi connectivity index (χ1n) is 8.00. The van der Waals surface area contributed by atoms with Crippen LogP contribution in [0.5, 0.6) is 0 Å². The van der Waals surface area contributed by atoms with Crippen molar-refractivity contribution in [2.24, 2.45) is 22.7 Å². The summed E-state index contributed by atoms with van der Waals surface area (Å²) in [6, 6.07) is 0. The van der Waals surface area contributed by atoms with Gasteiger partial charge in [-0.2, -0.15) is 0 Å². The van der Waals surface area contributed by atoms with E-state index in [0.717, 1.165) is 19.6 Å². The lowest BCUT2D eigenvalue weighted by atomic mass is 9.70. The normalized spacial score (nSPS) is 15.5. The van der Waals surface area contributed by atoms with E-state index in [0.29, 0.717) is 25.0 Å². The molecule has 0 aliphatic carbocycles. The Morgan fingerprint density at radius 1 is 0.762 bits per heavy atom. The second-order valence-electron chi connectivity index (χ2n) is 8.01. The van der Waals surface area contributed by atoms with Crippen LogP contribution in [0.15, 0.2) is 25.3 Å². The standard InChI is InChI=1S/C19H36O2/c1-9-11-20-14-16(18(3,4)5)13-17(19(6,7)8)15-21-12-10-2/h9-10,16-17H,1-2,11-15H2,3-8H3. The van der Waals surface area contributed by atoms with Crippen molar-refractivity contribution in [3.63, 3.8) is 0 Å². The van der Waals surface area contributed by atoms with E-state index in [2.05, 4.69) is 54.7 Å². The molecule has 0 aromatic heterocycles. The average molecular weight is 296 g/mol. The highest BCUT2D eigenvalue weighted by molar-refractivity contribution is 4.83. The lowest BCUT2D eigenvalue weighted by Gasteiger charge is -2.38. The van der Waals surface area contributed by atoms with Crippen LogP contribution >= 0.6 is 0 Å². The fourth-order valence-corrected chi connectivity index (χ4v) is 2.27. The molecular formula is C19H36O2. The van der Waals surface area contributed by atoms with E-state index in [1.165, 1.54) is 0 Å². The molecule has 0 rings (SSSR count). The Morgan fingerprint density at radius 3 is 1.33 bits per heavy atom. The van der Waals surface area contributed by atoms with Gasteiger partial charge in [-0.15, -0.1) is 13.2 Å². The van der Waals surface area contributed by atoms with Crippen molar-refractivity contribution >= 4 is 0 Å². The summed E-state index contributed by atoms with van der Waals surface area (Å²) in [6.07, 6.45) is 4.74. The van der Waals surface area contributed by atoms with Crippen LogP contribution < -0.4 is 0 Å². The molecule has 124 valence electrons. The first kappa shape index (κ1) is 20.4. The van der Waals surface area contributed by atoms with Crippen molar-refractivity contribution in [3.05, 3.63) is 25.3 Å². The summed E-state index contributed by atoms with van der Waals surface area (Å²) in [5, 5.41) is 0. The monoisotopic (exact) mass is 296 g/mol. The molecule has 0 radical (unpaired) electrons. The van der Waals surface area contributed by atoms with Gasteiger partial charge in [0.25, 0.3) is 0 Å². The predicted octanol–water partition coefficient (Wildman–Crippen LogP) is 5.11. The van der Waals surface area contributed by atoms with Gasteiger partial charge in [0.15, 0.2) is 0 Å². The Balaban J connectivity index is 4.77. The van der Waals surface area contributed by atoms with E-state index in [1.54, 1.807) is 0 Å². The van der Waals surface area contributed by atoms with Crippen LogP contribution in [-0.4, -0.2) is 26.4 Å². The molecule has 0 heterocycles. The van der Waals surface area contributed by atoms with Gasteiger partial charge >= 0.3 is 0 Å². The molecule has 0 aromatic rings. The maximum Gasteiger partial charge on any atom is 0.0644 e. The van der Waals surface area contributed by atoms with Crippen molar-refractivity contribution in [1.82, 2.24) is 0 Å². The molecule has 0 aromatic carbocycles. The summed E-state index contributed by atoms with van der Waals surface area (Å²) in [6.45, 7) is 24.0. The van der Waals surface area contributed by atoms with Crippen molar-refractivity contribution in [1.29, 1.82) is 0 Å². The van der Waals surface area contributed by atoms with Crippen LogP contribution in [0.3, 0.4) is 0 Å². The number of hydrogen-bond acceptors (Lipinski definition) is 2. The summed E-state index contributed by atoms with van der Waals surface area (Å²) >= 11 is 0. The Hall–Kier alpha value is -0.600. The first-order valence-corrected chi connectivity index (χ1v) is 8.00. The topological polar surface area (TPSA) is 18.5 Å². The quantitative estimate of drug-likeness (QED) is 0.412. The highest BCUT2D eigenvalue weighted by atomic mass is 16.5. The van der Waals surface area contributed by atoms with Crippen LogP contribution in [0.4, 0.5) is 0 Å². The molecule has 0 aliphatic rings. The Morgan fingerprint density at radius 2 is 1.10 bits per heavy atom. The molecule has 0 bridgehead atoms. The SMILES string of the molecule is C=CCOCC(CC(COCC=C)C(C)(C)C)C(C)(C)C. The van der Waals surface area contributed by atoms with Gasteiger partial charge in [0, 0.05) is 0 Å². The van der Waals surface area contributed by atoms with Crippen LogP contribution in [0, 0.1) is 22.7 Å². The minimum Gasteiger partial charge on any atom is -0.377 e. The van der Waals surface area contributed by atoms with Gasteiger partial charge in [0.2, 0.25) is 0 Å². The second-order valence-corrected chi connectivity index (χ2v) is 8.01. The Labute approximate surface area is 132 Å². The minimum absolute atomic E-state index is 0.225. The number of rotatable bonds is 10. The number of hydrogen-bond donors (Lipinski definition) is 0. The van der Waals surface area contributed by atoms with E-state index >= 15 is 0 Å². The zero-order valence-electron chi connectivity index (χ0n) is 15.1. The van der Waals surface area contributed by atoms with E-state index < -0.39 is 0 Å². The fourth-order valence-electron chi connectivity index (χ4n) is 2.27. The molecule has 0 aliphatic heterocycles. The van der Waals surface area contributed by atoms with Crippen LogP contribution in [-0.2, 0) is 9.47 Å². The van der Waals surface area contributed by atoms with E-state index in [-0.39, 0.29) is 10.8 Å². The van der Waals surface area contributed by atoms with E-state index in [1.807, 2.05) is 12.2 Å². The summed E-state index contributed by atoms with van der Waals surface area (Å²) in [5.74, 6) is 1.02. The smallest absolute Gasteiger partial charge is 0.0644 e. The summed E-state index contributed by atoms with van der Waals surface area (Å²) in [7, 11) is 0. The van der Waals surface area contributed by atoms with Gasteiger partial charge in [-0.3, -0.25) is 0 Å². The van der Waals surface area contributed by atoms with Crippen LogP contribution in [0.25, 0.3) is 0 Å². The Kier molecular flexibility index (Phi) is 9.15. The zero-order chi connectivity index (χ0) is 16.5. The van der Waals surface area contributed by atoms with Gasteiger partial charge in [-0.1, -0.05) is 53.7 Å². The fraction of sp³-hybridized carbons (Fsp3) is 0.789. The molecule has 0 spiro atoms. The maximum absolute atomic E-state index is 5.74. The van der Waals surface area contributed by atoms with E-state index in [9.17, 15) is 0 Å². The van der Waals surface area contributed by atoms with Gasteiger partial charge in [0.1, 0.15) is 0 Å². The van der Waals surface area contributed by atoms with Crippen LogP contribution in [0.1, 0.15) is 48.0 Å². The minimum atomic E-state index is 0.225. The van der Waals surface area contributed by atoms with Gasteiger partial charge in [0.05, 0.1) is 26.4 Å². The molecule has 2 heteroatoms. The summed E-state index contributed by atoms with van der Waals surface area (Å²) in [4.78, 5) is 0. The molecule has 2 atom stereocenters. The van der Waals surface area contributed by atoms with Crippen molar-refractivity contribution in [3.8, 4) is 0 Å². The maximum atomic E-state index is 5.74. The van der Waals surface area contributed by atoms with Crippen LogP contribution in [0.2, 0.25) is 0 Å². The molecular weight excluding hydrogens is 260 g/mol. The molecule has 0 N–H and O–H groups in total. The predicted molar refractivity (Wildman–Crippen MR) is 92.5 cm³/mol. The molecule has 0 saturated heterocycles. The Bertz CT molecular complexity index is 264. The van der Waals surface area contributed by atoms with Crippen molar-refractivity contribution in [2.75, 3.05) is 26.4 Å². The molecule has 0 saturated carbocycles. The molecule has 2 nitrogen and oxygen atoms in total. The van der Waals surface area contributed by atoms with Gasteiger partial charge in [-0.05, 0) is 29.1 Å². The third kappa shape index (κ3) is 9.10. The summed E-state index contributed by atoms with van der Waals surface area (Å²) < 4.78 is 11.5. The third-order valence-electron chi connectivity index (χ3n) is 4.13. The zero-order valence-corrected chi connectivity index (χ0v) is 15.1. The second kappa shape index (κ2) is 9.42. The first-order chi connectivity index (χ1) is 9.62. The lowest BCUT2D eigenvalue weighted by Crippen LogP contribution is -2.34. The van der Waals surface area contributed by atoms with Crippen molar-refractivity contribution in [2.45, 2.75) is 48.0 Å². The lowest BCUT2D eigenvalue weighted by molar-refractivity contribution is 0.0104. The largest absolute Gasteiger partial charge is 0.377 e. The highest BCUT2D eigenvalue weighted by Crippen LogP contribution is 2.38. The van der Waals surface area contributed by atoms with Crippen molar-refractivity contribution < 1.29 is 9.47 Å². The molecule has 0 fully saturated rings.